The van der Waals surface area contributed by atoms with Gasteiger partial charge in [0.15, 0.2) is 5.69 Å². The Morgan fingerprint density at radius 3 is 2.60 bits per heavy atom. The van der Waals surface area contributed by atoms with Gasteiger partial charge in [0.25, 0.3) is 5.91 Å². The number of aromatic nitrogens is 1. The van der Waals surface area contributed by atoms with Crippen molar-refractivity contribution >= 4 is 5.91 Å². The number of hydrogen-bond acceptors (Lipinski definition) is 7. The van der Waals surface area contributed by atoms with Gasteiger partial charge in [-0.2, -0.15) is 0 Å². The number of para-hydroxylation sites is 1. The Morgan fingerprint density at radius 2 is 1.83 bits per heavy atom. The van der Waals surface area contributed by atoms with Crippen LogP contribution in [0.2, 0.25) is 0 Å². The molecule has 1 amide bonds. The molecule has 0 aliphatic carbocycles. The number of carbonyl (C=O) groups is 1. The molecule has 0 unspecified atom stereocenters. The summed E-state index contributed by atoms with van der Waals surface area (Å²) < 4.78 is 17.2. The number of benzene rings is 2. The Labute approximate surface area is 207 Å². The summed E-state index contributed by atoms with van der Waals surface area (Å²) in [5.41, 5.74) is 1.48. The van der Waals surface area contributed by atoms with Crippen molar-refractivity contribution in [3.8, 4) is 11.5 Å². The molecule has 35 heavy (non-hydrogen) atoms. The fourth-order valence-corrected chi connectivity index (χ4v) is 3.92. The number of ether oxygens (including phenoxy) is 2. The van der Waals surface area contributed by atoms with Crippen LogP contribution in [0.3, 0.4) is 0 Å². The van der Waals surface area contributed by atoms with E-state index in [2.05, 4.69) is 26.9 Å². The Kier molecular flexibility index (Phi) is 8.89. The van der Waals surface area contributed by atoms with Gasteiger partial charge in [-0.1, -0.05) is 30.3 Å². The summed E-state index contributed by atoms with van der Waals surface area (Å²) in [5, 5.41) is 0. The Hall–Kier alpha value is -3.20. The van der Waals surface area contributed by atoms with Gasteiger partial charge in [0, 0.05) is 46.3 Å². The van der Waals surface area contributed by atoms with Gasteiger partial charge >= 0.3 is 0 Å². The molecule has 1 fully saturated rings. The SMILES string of the molecule is CCN(C)C(=O)c1coc(CN(CCN2CCOCC2)Cc2cccc(Oc3ccccc3)c2)n1. The molecule has 0 N–H and O–H groups in total. The molecule has 1 aliphatic heterocycles. The van der Waals surface area contributed by atoms with Crippen LogP contribution in [0.1, 0.15) is 28.9 Å². The van der Waals surface area contributed by atoms with Crippen molar-refractivity contribution in [2.45, 2.75) is 20.0 Å². The van der Waals surface area contributed by atoms with Crippen LogP contribution < -0.4 is 4.74 Å². The zero-order chi connectivity index (χ0) is 24.5. The van der Waals surface area contributed by atoms with Gasteiger partial charge < -0.3 is 18.8 Å². The average Bonchev–Trinajstić information content (AvgIpc) is 3.36. The molecule has 1 saturated heterocycles. The first-order valence-corrected chi connectivity index (χ1v) is 12.1. The minimum Gasteiger partial charge on any atom is -0.457 e. The third-order valence-electron chi connectivity index (χ3n) is 6.07. The molecule has 8 heteroatoms. The van der Waals surface area contributed by atoms with Gasteiger partial charge in [-0.15, -0.1) is 0 Å². The van der Waals surface area contributed by atoms with Crippen LogP contribution >= 0.6 is 0 Å². The summed E-state index contributed by atoms with van der Waals surface area (Å²) in [6, 6.07) is 17.9. The van der Waals surface area contributed by atoms with Crippen molar-refractivity contribution in [1.29, 1.82) is 0 Å². The van der Waals surface area contributed by atoms with E-state index in [0.29, 0.717) is 31.2 Å². The predicted molar refractivity (Wildman–Crippen MR) is 133 cm³/mol. The number of nitrogens with zero attached hydrogens (tertiary/aromatic N) is 4. The van der Waals surface area contributed by atoms with E-state index in [1.165, 1.54) is 6.26 Å². The van der Waals surface area contributed by atoms with Crippen LogP contribution in [0.25, 0.3) is 0 Å². The summed E-state index contributed by atoms with van der Waals surface area (Å²) >= 11 is 0. The lowest BCUT2D eigenvalue weighted by Crippen LogP contribution is -2.41. The second kappa shape index (κ2) is 12.5. The maximum atomic E-state index is 12.4. The molecule has 1 aliphatic rings. The lowest BCUT2D eigenvalue weighted by molar-refractivity contribution is 0.0320. The fraction of sp³-hybridized carbons (Fsp3) is 0.407. The first-order valence-electron chi connectivity index (χ1n) is 12.1. The standard InChI is InChI=1S/C27H34N4O4/c1-3-29(2)27(32)25-21-34-26(28-25)20-31(13-12-30-14-16-33-17-15-30)19-22-8-7-11-24(18-22)35-23-9-5-4-6-10-23/h4-11,18,21H,3,12-17,19-20H2,1-2H3. The highest BCUT2D eigenvalue weighted by atomic mass is 16.5. The van der Waals surface area contributed by atoms with E-state index in [1.807, 2.05) is 49.4 Å². The van der Waals surface area contributed by atoms with Crippen molar-refractivity contribution in [3.05, 3.63) is 78.0 Å². The highest BCUT2D eigenvalue weighted by Crippen LogP contribution is 2.23. The van der Waals surface area contributed by atoms with Crippen LogP contribution in [0.15, 0.2) is 65.3 Å². The molecule has 0 saturated carbocycles. The highest BCUT2D eigenvalue weighted by Gasteiger charge is 2.19. The smallest absolute Gasteiger partial charge is 0.275 e. The number of rotatable bonds is 11. The summed E-state index contributed by atoms with van der Waals surface area (Å²) in [6.07, 6.45) is 1.46. The van der Waals surface area contributed by atoms with Gasteiger partial charge in [0.2, 0.25) is 5.89 Å². The third kappa shape index (κ3) is 7.39. The summed E-state index contributed by atoms with van der Waals surface area (Å²) in [7, 11) is 1.76. The zero-order valence-corrected chi connectivity index (χ0v) is 20.6. The van der Waals surface area contributed by atoms with Gasteiger partial charge in [-0.25, -0.2) is 4.98 Å². The van der Waals surface area contributed by atoms with Crippen molar-refractivity contribution in [3.63, 3.8) is 0 Å². The van der Waals surface area contributed by atoms with Gasteiger partial charge in [0.1, 0.15) is 17.8 Å². The van der Waals surface area contributed by atoms with Crippen LogP contribution in [0.4, 0.5) is 0 Å². The summed E-state index contributed by atoms with van der Waals surface area (Å²) in [4.78, 5) is 23.2. The predicted octanol–water partition coefficient (Wildman–Crippen LogP) is 3.89. The van der Waals surface area contributed by atoms with Crippen LogP contribution in [0, 0.1) is 0 Å². The molecule has 2 aromatic carbocycles. The molecular formula is C27H34N4O4. The van der Waals surface area contributed by atoms with E-state index in [4.69, 9.17) is 13.9 Å². The topological polar surface area (TPSA) is 71.3 Å². The van der Waals surface area contributed by atoms with Gasteiger partial charge in [-0.3, -0.25) is 14.6 Å². The summed E-state index contributed by atoms with van der Waals surface area (Å²) in [5.74, 6) is 2.01. The number of oxazole rings is 1. The zero-order valence-electron chi connectivity index (χ0n) is 20.6. The largest absolute Gasteiger partial charge is 0.457 e. The molecule has 1 aromatic heterocycles. The van der Waals surface area contributed by atoms with E-state index >= 15 is 0 Å². The number of hydrogen-bond donors (Lipinski definition) is 0. The normalized spacial score (nSPS) is 14.3. The average molecular weight is 479 g/mol. The Morgan fingerprint density at radius 1 is 1.06 bits per heavy atom. The Bertz CT molecular complexity index is 1070. The second-order valence-corrected chi connectivity index (χ2v) is 8.67. The second-order valence-electron chi connectivity index (χ2n) is 8.67. The van der Waals surface area contributed by atoms with E-state index < -0.39 is 0 Å². The van der Waals surface area contributed by atoms with E-state index in [0.717, 1.165) is 56.5 Å². The molecular weight excluding hydrogens is 444 g/mol. The minimum atomic E-state index is -0.131. The van der Waals surface area contributed by atoms with Gasteiger partial charge in [0.05, 0.1) is 19.8 Å². The molecule has 0 bridgehead atoms. The molecule has 0 atom stereocenters. The van der Waals surface area contributed by atoms with Crippen LogP contribution in [-0.4, -0.2) is 78.6 Å². The molecule has 2 heterocycles. The first kappa shape index (κ1) is 24.9. The van der Waals surface area contributed by atoms with E-state index in [1.54, 1.807) is 11.9 Å². The molecule has 0 spiro atoms. The van der Waals surface area contributed by atoms with E-state index in [-0.39, 0.29) is 5.91 Å². The first-order chi connectivity index (χ1) is 17.1. The quantitative estimate of drug-likeness (QED) is 0.414. The van der Waals surface area contributed by atoms with Gasteiger partial charge in [-0.05, 0) is 36.8 Å². The maximum Gasteiger partial charge on any atom is 0.275 e. The number of morpholine rings is 1. The lowest BCUT2D eigenvalue weighted by atomic mass is 10.2. The van der Waals surface area contributed by atoms with Crippen molar-refractivity contribution in [2.75, 3.05) is 53.0 Å². The van der Waals surface area contributed by atoms with Crippen molar-refractivity contribution < 1.29 is 18.7 Å². The van der Waals surface area contributed by atoms with E-state index in [9.17, 15) is 4.79 Å². The van der Waals surface area contributed by atoms with Crippen LogP contribution in [0.5, 0.6) is 11.5 Å². The third-order valence-corrected chi connectivity index (χ3v) is 6.07. The Balaban J connectivity index is 1.45. The number of amides is 1. The molecule has 4 rings (SSSR count). The molecule has 0 radical (unpaired) electrons. The summed E-state index contributed by atoms with van der Waals surface area (Å²) in [6.45, 7) is 8.96. The molecule has 8 nitrogen and oxygen atoms in total. The molecule has 186 valence electrons. The lowest BCUT2D eigenvalue weighted by Gasteiger charge is -2.29. The number of carbonyl (C=O) groups excluding carboxylic acids is 1. The maximum absolute atomic E-state index is 12.4. The minimum absolute atomic E-state index is 0.131. The highest BCUT2D eigenvalue weighted by molar-refractivity contribution is 5.91. The van der Waals surface area contributed by atoms with Crippen molar-refractivity contribution in [2.24, 2.45) is 0 Å². The molecule has 3 aromatic rings. The monoisotopic (exact) mass is 478 g/mol. The van der Waals surface area contributed by atoms with Crippen LogP contribution in [-0.2, 0) is 17.8 Å². The van der Waals surface area contributed by atoms with Crippen molar-refractivity contribution in [1.82, 2.24) is 19.7 Å². The fourth-order valence-electron chi connectivity index (χ4n) is 3.92.